The van der Waals surface area contributed by atoms with Gasteiger partial charge in [0, 0.05) is 31.8 Å². The molecule has 1 saturated heterocycles. The van der Waals surface area contributed by atoms with Crippen LogP contribution in [0.15, 0.2) is 30.5 Å². The van der Waals surface area contributed by atoms with Gasteiger partial charge in [-0.2, -0.15) is 5.10 Å². The third-order valence-electron chi connectivity index (χ3n) is 4.46. The molecule has 2 N–H and O–H groups in total. The molecule has 1 fully saturated rings. The van der Waals surface area contributed by atoms with Gasteiger partial charge in [-0.05, 0) is 36.6 Å². The summed E-state index contributed by atoms with van der Waals surface area (Å²) in [5, 5.41) is 10.6. The molecule has 2 atom stereocenters. The first-order valence-corrected chi connectivity index (χ1v) is 8.34. The number of methoxy groups -OCH3 is 2. The molecule has 1 aliphatic rings. The van der Waals surface area contributed by atoms with E-state index < -0.39 is 0 Å². The van der Waals surface area contributed by atoms with E-state index in [9.17, 15) is 0 Å². The van der Waals surface area contributed by atoms with Crippen LogP contribution < -0.4 is 14.8 Å². The number of rotatable bonds is 7. The largest absolute Gasteiger partial charge is 0.493 e. The van der Waals surface area contributed by atoms with E-state index in [1.54, 1.807) is 20.4 Å². The van der Waals surface area contributed by atoms with E-state index in [0.29, 0.717) is 5.92 Å². The minimum atomic E-state index is 0.0964. The molecule has 1 aromatic carbocycles. The molecule has 6 heteroatoms. The Balaban J connectivity index is 1.57. The summed E-state index contributed by atoms with van der Waals surface area (Å²) < 4.78 is 16.6. The minimum absolute atomic E-state index is 0.0964. The Hall–Kier alpha value is -2.05. The van der Waals surface area contributed by atoms with Crippen LogP contribution in [0.25, 0.3) is 0 Å². The van der Waals surface area contributed by atoms with Crippen molar-refractivity contribution in [2.24, 2.45) is 5.92 Å². The third kappa shape index (κ3) is 3.88. The highest BCUT2D eigenvalue weighted by atomic mass is 16.5. The van der Waals surface area contributed by atoms with Crippen molar-refractivity contribution in [3.8, 4) is 11.5 Å². The Kier molecular flexibility index (Phi) is 5.72. The van der Waals surface area contributed by atoms with Crippen LogP contribution in [-0.4, -0.2) is 37.6 Å². The number of nitrogens with zero attached hydrogens (tertiary/aromatic N) is 1. The average Bonchev–Trinajstić information content (AvgIpc) is 3.16. The van der Waals surface area contributed by atoms with Crippen molar-refractivity contribution in [3.05, 3.63) is 41.7 Å². The predicted octanol–water partition coefficient (Wildman–Crippen LogP) is 2.68. The normalized spacial score (nSPS) is 20.8. The summed E-state index contributed by atoms with van der Waals surface area (Å²) in [5.74, 6) is 1.95. The SMILES string of the molecule is COc1ccc(CNC[C@@H]2CCCO[C@H]2c2ccn[nH]2)cc1OC. The molecule has 24 heavy (non-hydrogen) atoms. The molecule has 0 spiro atoms. The average molecular weight is 331 g/mol. The van der Waals surface area contributed by atoms with Gasteiger partial charge in [0.2, 0.25) is 0 Å². The number of ether oxygens (including phenoxy) is 3. The smallest absolute Gasteiger partial charge is 0.161 e. The number of aromatic nitrogens is 2. The molecule has 0 unspecified atom stereocenters. The van der Waals surface area contributed by atoms with Crippen molar-refractivity contribution in [2.75, 3.05) is 27.4 Å². The van der Waals surface area contributed by atoms with Crippen molar-refractivity contribution in [3.63, 3.8) is 0 Å². The fraction of sp³-hybridized carbons (Fsp3) is 0.500. The zero-order valence-corrected chi connectivity index (χ0v) is 14.2. The van der Waals surface area contributed by atoms with Gasteiger partial charge in [-0.15, -0.1) is 0 Å². The van der Waals surface area contributed by atoms with E-state index in [1.165, 1.54) is 5.56 Å². The fourth-order valence-electron chi connectivity index (χ4n) is 3.21. The highest BCUT2D eigenvalue weighted by Gasteiger charge is 2.28. The third-order valence-corrected chi connectivity index (χ3v) is 4.46. The van der Waals surface area contributed by atoms with E-state index in [0.717, 1.165) is 49.7 Å². The van der Waals surface area contributed by atoms with Crippen molar-refractivity contribution in [1.82, 2.24) is 15.5 Å². The van der Waals surface area contributed by atoms with Gasteiger partial charge in [0.05, 0.1) is 19.9 Å². The second-order valence-electron chi connectivity index (χ2n) is 6.03. The first-order chi connectivity index (χ1) is 11.8. The van der Waals surface area contributed by atoms with Gasteiger partial charge in [0.25, 0.3) is 0 Å². The van der Waals surface area contributed by atoms with Crippen LogP contribution in [-0.2, 0) is 11.3 Å². The Bertz CT molecular complexity index is 630. The van der Waals surface area contributed by atoms with Gasteiger partial charge < -0.3 is 19.5 Å². The number of hydrogen-bond acceptors (Lipinski definition) is 5. The lowest BCUT2D eigenvalue weighted by Gasteiger charge is -2.31. The Morgan fingerprint density at radius 1 is 1.25 bits per heavy atom. The van der Waals surface area contributed by atoms with Crippen molar-refractivity contribution >= 4 is 0 Å². The number of nitrogens with one attached hydrogen (secondary N) is 2. The van der Waals surface area contributed by atoms with Crippen LogP contribution in [0.3, 0.4) is 0 Å². The maximum Gasteiger partial charge on any atom is 0.161 e. The molecule has 0 radical (unpaired) electrons. The second kappa shape index (κ2) is 8.17. The van der Waals surface area contributed by atoms with E-state index in [2.05, 4.69) is 21.6 Å². The molecule has 0 bridgehead atoms. The topological polar surface area (TPSA) is 68.4 Å². The summed E-state index contributed by atoms with van der Waals surface area (Å²) >= 11 is 0. The molecule has 0 amide bonds. The monoisotopic (exact) mass is 331 g/mol. The highest BCUT2D eigenvalue weighted by Crippen LogP contribution is 2.32. The molecule has 1 aliphatic heterocycles. The Morgan fingerprint density at radius 3 is 2.88 bits per heavy atom. The lowest BCUT2D eigenvalue weighted by atomic mass is 9.92. The standard InChI is InChI=1S/C18H25N3O3/c1-22-16-6-5-13(10-17(16)23-2)11-19-12-14-4-3-9-24-18(14)15-7-8-20-21-15/h5-8,10,14,18-19H,3-4,9,11-12H2,1-2H3,(H,20,21)/t14-,18+/m0/s1. The summed E-state index contributed by atoms with van der Waals surface area (Å²) in [7, 11) is 3.30. The quantitative estimate of drug-likeness (QED) is 0.816. The summed E-state index contributed by atoms with van der Waals surface area (Å²) in [5.41, 5.74) is 2.23. The van der Waals surface area contributed by atoms with Gasteiger partial charge in [-0.1, -0.05) is 6.07 Å². The summed E-state index contributed by atoms with van der Waals surface area (Å²) in [4.78, 5) is 0. The molecular weight excluding hydrogens is 306 g/mol. The highest BCUT2D eigenvalue weighted by molar-refractivity contribution is 5.42. The molecule has 130 valence electrons. The maximum absolute atomic E-state index is 5.96. The first-order valence-electron chi connectivity index (χ1n) is 8.34. The summed E-state index contributed by atoms with van der Waals surface area (Å²) in [6.07, 6.45) is 4.14. The molecule has 1 aromatic heterocycles. The van der Waals surface area contributed by atoms with Crippen molar-refractivity contribution in [2.45, 2.75) is 25.5 Å². The van der Waals surface area contributed by atoms with Gasteiger partial charge in [0.1, 0.15) is 6.10 Å². The molecule has 3 rings (SSSR count). The van der Waals surface area contributed by atoms with Crippen LogP contribution in [0.1, 0.15) is 30.2 Å². The first kappa shape index (κ1) is 16.8. The van der Waals surface area contributed by atoms with Gasteiger partial charge in [0.15, 0.2) is 11.5 Å². The van der Waals surface area contributed by atoms with Crippen molar-refractivity contribution in [1.29, 1.82) is 0 Å². The lowest BCUT2D eigenvalue weighted by molar-refractivity contribution is -0.0303. The Labute approximate surface area is 142 Å². The van der Waals surface area contributed by atoms with Crippen LogP contribution in [0, 0.1) is 5.92 Å². The fourth-order valence-corrected chi connectivity index (χ4v) is 3.21. The lowest BCUT2D eigenvalue weighted by Crippen LogP contribution is -2.32. The van der Waals surface area contributed by atoms with Crippen LogP contribution in [0.5, 0.6) is 11.5 Å². The van der Waals surface area contributed by atoms with E-state index >= 15 is 0 Å². The van der Waals surface area contributed by atoms with E-state index in [4.69, 9.17) is 14.2 Å². The second-order valence-corrected chi connectivity index (χ2v) is 6.03. The number of aromatic amines is 1. The van der Waals surface area contributed by atoms with E-state index in [-0.39, 0.29) is 6.10 Å². The molecule has 0 saturated carbocycles. The number of H-pyrrole nitrogens is 1. The minimum Gasteiger partial charge on any atom is -0.493 e. The van der Waals surface area contributed by atoms with Crippen molar-refractivity contribution < 1.29 is 14.2 Å². The zero-order chi connectivity index (χ0) is 16.8. The molecule has 6 nitrogen and oxygen atoms in total. The molecule has 2 aromatic rings. The van der Waals surface area contributed by atoms with Crippen LogP contribution in [0.2, 0.25) is 0 Å². The van der Waals surface area contributed by atoms with Gasteiger partial charge >= 0.3 is 0 Å². The molecular formula is C18H25N3O3. The van der Waals surface area contributed by atoms with Crippen LogP contribution >= 0.6 is 0 Å². The molecule has 0 aliphatic carbocycles. The predicted molar refractivity (Wildman–Crippen MR) is 91.3 cm³/mol. The Morgan fingerprint density at radius 2 is 2.12 bits per heavy atom. The number of benzene rings is 1. The van der Waals surface area contributed by atoms with Gasteiger partial charge in [-0.3, -0.25) is 5.10 Å². The summed E-state index contributed by atoms with van der Waals surface area (Å²) in [6, 6.07) is 8.00. The zero-order valence-electron chi connectivity index (χ0n) is 14.2. The van der Waals surface area contributed by atoms with Crippen LogP contribution in [0.4, 0.5) is 0 Å². The maximum atomic E-state index is 5.96. The number of hydrogen-bond donors (Lipinski definition) is 2. The van der Waals surface area contributed by atoms with Gasteiger partial charge in [-0.25, -0.2) is 0 Å². The van der Waals surface area contributed by atoms with E-state index in [1.807, 2.05) is 18.2 Å². The molecule has 2 heterocycles. The summed E-state index contributed by atoms with van der Waals surface area (Å²) in [6.45, 7) is 2.50.